The third-order valence-electron chi connectivity index (χ3n) is 6.61. The number of benzene rings is 1. The topological polar surface area (TPSA) is 118 Å². The standard InChI is InChI=1S/C20H27N3O4S/c21-28(26,27)17-3-1-16(2-4-17)23-19(25)12-22-18(24)11-20-8-13-5-14(9-20)7-15(6-13)10-20/h1-4,13-15H,5-12H2,(H,22,24)(H,23,25)(H2,21,26,27). The van der Waals surface area contributed by atoms with Crippen LogP contribution in [-0.4, -0.2) is 26.8 Å². The lowest BCUT2D eigenvalue weighted by atomic mass is 9.49. The zero-order chi connectivity index (χ0) is 19.9. The summed E-state index contributed by atoms with van der Waals surface area (Å²) in [7, 11) is -3.76. The summed E-state index contributed by atoms with van der Waals surface area (Å²) in [6.45, 7) is -0.0951. The number of nitrogens with two attached hydrogens (primary N) is 1. The number of amides is 2. The van der Waals surface area contributed by atoms with Crippen molar-refractivity contribution < 1.29 is 18.0 Å². The van der Waals surface area contributed by atoms with Gasteiger partial charge in [0.25, 0.3) is 0 Å². The minimum Gasteiger partial charge on any atom is -0.347 e. The van der Waals surface area contributed by atoms with E-state index in [9.17, 15) is 18.0 Å². The van der Waals surface area contributed by atoms with Gasteiger partial charge < -0.3 is 10.6 Å². The van der Waals surface area contributed by atoms with E-state index in [2.05, 4.69) is 10.6 Å². The Morgan fingerprint density at radius 2 is 1.50 bits per heavy atom. The van der Waals surface area contributed by atoms with E-state index in [4.69, 9.17) is 5.14 Å². The second kappa shape index (κ2) is 7.15. The van der Waals surface area contributed by atoms with Crippen molar-refractivity contribution in [3.05, 3.63) is 24.3 Å². The average Bonchev–Trinajstić information content (AvgIpc) is 2.58. The molecule has 5 rings (SSSR count). The number of anilines is 1. The molecule has 4 aliphatic rings. The maximum Gasteiger partial charge on any atom is 0.243 e. The van der Waals surface area contributed by atoms with Crippen LogP contribution < -0.4 is 15.8 Å². The largest absolute Gasteiger partial charge is 0.347 e. The first-order valence-corrected chi connectivity index (χ1v) is 11.4. The van der Waals surface area contributed by atoms with Crippen LogP contribution in [0.4, 0.5) is 5.69 Å². The highest BCUT2D eigenvalue weighted by Gasteiger charge is 2.51. The van der Waals surface area contributed by atoms with Crippen molar-refractivity contribution in [3.63, 3.8) is 0 Å². The van der Waals surface area contributed by atoms with Crippen LogP contribution in [0.15, 0.2) is 29.2 Å². The van der Waals surface area contributed by atoms with Gasteiger partial charge in [0.05, 0.1) is 11.4 Å². The van der Waals surface area contributed by atoms with Crippen molar-refractivity contribution in [2.45, 2.75) is 49.8 Å². The Labute approximate surface area is 165 Å². The lowest BCUT2D eigenvalue weighted by Crippen LogP contribution is -2.48. The van der Waals surface area contributed by atoms with Gasteiger partial charge in [-0.05, 0) is 86.0 Å². The Hall–Kier alpha value is -1.93. The molecular formula is C20H27N3O4S. The summed E-state index contributed by atoms with van der Waals surface area (Å²) >= 11 is 0. The molecule has 152 valence electrons. The number of hydrogen-bond acceptors (Lipinski definition) is 4. The van der Waals surface area contributed by atoms with E-state index in [0.29, 0.717) is 12.1 Å². The smallest absolute Gasteiger partial charge is 0.243 e. The monoisotopic (exact) mass is 405 g/mol. The fourth-order valence-electron chi connectivity index (χ4n) is 6.02. The number of rotatable bonds is 6. The van der Waals surface area contributed by atoms with Crippen LogP contribution in [0, 0.1) is 23.2 Å². The second-order valence-electron chi connectivity index (χ2n) is 8.99. The average molecular weight is 406 g/mol. The minimum absolute atomic E-state index is 0.0191. The minimum atomic E-state index is -3.76. The summed E-state index contributed by atoms with van der Waals surface area (Å²) < 4.78 is 22.5. The third kappa shape index (κ3) is 4.22. The molecule has 0 saturated heterocycles. The first kappa shape index (κ1) is 19.4. The fourth-order valence-corrected chi connectivity index (χ4v) is 6.54. The van der Waals surface area contributed by atoms with Gasteiger partial charge in [-0.1, -0.05) is 0 Å². The predicted molar refractivity (Wildman–Crippen MR) is 105 cm³/mol. The molecule has 4 aliphatic carbocycles. The SMILES string of the molecule is NS(=O)(=O)c1ccc(NC(=O)CNC(=O)CC23CC4CC(CC(C4)C2)C3)cc1. The molecule has 4 bridgehead atoms. The van der Waals surface area contributed by atoms with Crippen LogP contribution in [-0.2, 0) is 19.6 Å². The first-order chi connectivity index (χ1) is 13.2. The number of carbonyl (C=O) groups excluding carboxylic acids is 2. The number of nitrogens with one attached hydrogen (secondary N) is 2. The first-order valence-electron chi connectivity index (χ1n) is 9.90. The molecule has 0 radical (unpaired) electrons. The quantitative estimate of drug-likeness (QED) is 0.671. The molecule has 0 aromatic heterocycles. The van der Waals surface area contributed by atoms with E-state index in [1.54, 1.807) is 0 Å². The maximum absolute atomic E-state index is 12.5. The summed E-state index contributed by atoms with van der Waals surface area (Å²) in [5.74, 6) is 1.98. The summed E-state index contributed by atoms with van der Waals surface area (Å²) in [6.07, 6.45) is 8.03. The van der Waals surface area contributed by atoms with Crippen LogP contribution in [0.1, 0.15) is 44.9 Å². The van der Waals surface area contributed by atoms with Crippen molar-refractivity contribution in [2.24, 2.45) is 28.3 Å². The predicted octanol–water partition coefficient (Wildman–Crippen LogP) is 2.00. The second-order valence-corrected chi connectivity index (χ2v) is 10.6. The van der Waals surface area contributed by atoms with Gasteiger partial charge in [0.1, 0.15) is 0 Å². The van der Waals surface area contributed by atoms with Crippen molar-refractivity contribution >= 4 is 27.5 Å². The Morgan fingerprint density at radius 1 is 0.964 bits per heavy atom. The molecule has 4 saturated carbocycles. The van der Waals surface area contributed by atoms with Gasteiger partial charge in [-0.25, -0.2) is 13.6 Å². The molecule has 28 heavy (non-hydrogen) atoms. The maximum atomic E-state index is 12.5. The van der Waals surface area contributed by atoms with Crippen molar-refractivity contribution in [2.75, 3.05) is 11.9 Å². The molecule has 4 fully saturated rings. The van der Waals surface area contributed by atoms with E-state index < -0.39 is 10.0 Å². The lowest BCUT2D eigenvalue weighted by Gasteiger charge is -2.56. The van der Waals surface area contributed by atoms with Crippen LogP contribution in [0.3, 0.4) is 0 Å². The summed E-state index contributed by atoms with van der Waals surface area (Å²) in [5.41, 5.74) is 0.603. The Bertz CT molecular complexity index is 844. The van der Waals surface area contributed by atoms with Gasteiger partial charge in [-0.2, -0.15) is 0 Å². The lowest BCUT2D eigenvalue weighted by molar-refractivity contribution is -0.131. The van der Waals surface area contributed by atoms with E-state index in [1.165, 1.54) is 43.5 Å². The molecule has 0 unspecified atom stereocenters. The molecular weight excluding hydrogens is 378 g/mol. The van der Waals surface area contributed by atoms with E-state index in [0.717, 1.165) is 37.0 Å². The zero-order valence-corrected chi connectivity index (χ0v) is 16.6. The van der Waals surface area contributed by atoms with Gasteiger partial charge in [0.2, 0.25) is 21.8 Å². The summed E-state index contributed by atoms with van der Waals surface area (Å²) in [6, 6.07) is 5.59. The molecule has 7 nitrogen and oxygen atoms in total. The van der Waals surface area contributed by atoms with E-state index >= 15 is 0 Å². The number of sulfonamides is 1. The highest BCUT2D eigenvalue weighted by Crippen LogP contribution is 2.61. The highest BCUT2D eigenvalue weighted by atomic mass is 32.2. The molecule has 2 amide bonds. The van der Waals surface area contributed by atoms with E-state index in [-0.39, 0.29) is 28.7 Å². The molecule has 0 aliphatic heterocycles. The van der Waals surface area contributed by atoms with Gasteiger partial charge >= 0.3 is 0 Å². The molecule has 1 aromatic carbocycles. The van der Waals surface area contributed by atoms with Gasteiger partial charge in [0, 0.05) is 12.1 Å². The Balaban J connectivity index is 1.26. The van der Waals surface area contributed by atoms with Crippen molar-refractivity contribution in [1.29, 1.82) is 0 Å². The third-order valence-corrected chi connectivity index (χ3v) is 7.54. The summed E-state index contributed by atoms with van der Waals surface area (Å²) in [4.78, 5) is 24.5. The van der Waals surface area contributed by atoms with Crippen LogP contribution in [0.2, 0.25) is 0 Å². The van der Waals surface area contributed by atoms with Gasteiger partial charge in [0.15, 0.2) is 0 Å². The molecule has 0 heterocycles. The molecule has 1 aromatic rings. The van der Waals surface area contributed by atoms with Crippen molar-refractivity contribution in [3.8, 4) is 0 Å². The van der Waals surface area contributed by atoms with Gasteiger partial charge in [-0.3, -0.25) is 9.59 Å². The normalized spacial score (nSPS) is 30.8. The number of hydrogen-bond donors (Lipinski definition) is 3. The summed E-state index contributed by atoms with van der Waals surface area (Å²) in [5, 5.41) is 10.4. The van der Waals surface area contributed by atoms with Crippen LogP contribution in [0.5, 0.6) is 0 Å². The van der Waals surface area contributed by atoms with E-state index in [1.807, 2.05) is 0 Å². The Kier molecular flexibility index (Phi) is 4.95. The molecule has 0 spiro atoms. The van der Waals surface area contributed by atoms with Crippen LogP contribution >= 0.6 is 0 Å². The Morgan fingerprint density at radius 3 is 2.00 bits per heavy atom. The molecule has 0 atom stereocenters. The number of primary sulfonamides is 1. The van der Waals surface area contributed by atoms with Crippen molar-refractivity contribution in [1.82, 2.24) is 5.32 Å². The van der Waals surface area contributed by atoms with Crippen LogP contribution in [0.25, 0.3) is 0 Å². The van der Waals surface area contributed by atoms with Gasteiger partial charge in [-0.15, -0.1) is 0 Å². The zero-order valence-electron chi connectivity index (χ0n) is 15.8. The highest BCUT2D eigenvalue weighted by molar-refractivity contribution is 7.89. The number of carbonyl (C=O) groups is 2. The fraction of sp³-hybridized carbons (Fsp3) is 0.600. The molecule has 8 heteroatoms. The molecule has 4 N–H and O–H groups in total.